The third-order valence-electron chi connectivity index (χ3n) is 5.37. The van der Waals surface area contributed by atoms with Crippen LogP contribution < -0.4 is 5.32 Å². The van der Waals surface area contributed by atoms with Gasteiger partial charge in [0.25, 0.3) is 0 Å². The third-order valence-corrected chi connectivity index (χ3v) is 5.37. The summed E-state index contributed by atoms with van der Waals surface area (Å²) in [6, 6.07) is 9.36. The number of aromatic nitrogens is 4. The second kappa shape index (κ2) is 8.10. The molecule has 11 nitrogen and oxygen atoms in total. The molecule has 2 saturated heterocycles. The van der Waals surface area contributed by atoms with Crippen LogP contribution in [0.5, 0.6) is 0 Å². The number of ether oxygens (including phenoxy) is 4. The minimum Gasteiger partial charge on any atom is -0.444 e. The van der Waals surface area contributed by atoms with Crippen LogP contribution in [-0.2, 0) is 25.6 Å². The van der Waals surface area contributed by atoms with Gasteiger partial charge in [0.1, 0.15) is 31.2 Å². The molecule has 4 heterocycles. The maximum Gasteiger partial charge on any atom is 0.413 e. The molecule has 2 aromatic heterocycles. The highest BCUT2D eigenvalue weighted by Gasteiger charge is 2.56. The number of imidazole rings is 1. The Morgan fingerprint density at radius 3 is 2.75 bits per heavy atom. The zero-order valence-electron chi connectivity index (χ0n) is 17.5. The molecular formula is C21H23N5O6. The van der Waals surface area contributed by atoms with Crippen LogP contribution in [0, 0.1) is 0 Å². The van der Waals surface area contributed by atoms with Crippen molar-refractivity contribution in [1.82, 2.24) is 19.5 Å². The molecule has 32 heavy (non-hydrogen) atoms. The van der Waals surface area contributed by atoms with Gasteiger partial charge in [-0.3, -0.25) is 9.88 Å². The molecule has 0 saturated carbocycles. The minimum absolute atomic E-state index is 0.129. The number of anilines is 1. The van der Waals surface area contributed by atoms with Crippen LogP contribution in [0.2, 0.25) is 0 Å². The Morgan fingerprint density at radius 1 is 1.19 bits per heavy atom. The van der Waals surface area contributed by atoms with Crippen LogP contribution >= 0.6 is 0 Å². The van der Waals surface area contributed by atoms with E-state index in [0.717, 1.165) is 5.56 Å². The molecule has 3 aromatic rings. The number of aliphatic hydroxyl groups is 1. The van der Waals surface area contributed by atoms with Gasteiger partial charge in [0.2, 0.25) is 0 Å². The predicted octanol–water partition coefficient (Wildman–Crippen LogP) is 1.98. The molecule has 1 amide bonds. The number of nitrogens with zero attached hydrogens (tertiary/aromatic N) is 4. The van der Waals surface area contributed by atoms with Gasteiger partial charge in [-0.15, -0.1) is 0 Å². The first-order chi connectivity index (χ1) is 15.4. The lowest BCUT2D eigenvalue weighted by atomic mass is 10.1. The van der Waals surface area contributed by atoms with Crippen molar-refractivity contribution >= 4 is 23.1 Å². The number of aliphatic hydroxyl groups excluding tert-OH is 1. The molecule has 2 N–H and O–H groups in total. The van der Waals surface area contributed by atoms with Gasteiger partial charge in [0, 0.05) is 0 Å². The fourth-order valence-electron chi connectivity index (χ4n) is 4.02. The first kappa shape index (κ1) is 20.8. The van der Waals surface area contributed by atoms with E-state index in [0.29, 0.717) is 11.2 Å². The number of benzene rings is 1. The smallest absolute Gasteiger partial charge is 0.413 e. The van der Waals surface area contributed by atoms with E-state index in [1.165, 1.54) is 12.7 Å². The number of fused-ring (bicyclic) bond motifs is 2. The van der Waals surface area contributed by atoms with Crippen LogP contribution in [0.4, 0.5) is 10.6 Å². The number of hydrogen-bond acceptors (Lipinski definition) is 9. The van der Waals surface area contributed by atoms with E-state index in [4.69, 9.17) is 18.9 Å². The van der Waals surface area contributed by atoms with Gasteiger partial charge in [-0.2, -0.15) is 0 Å². The quantitative estimate of drug-likeness (QED) is 0.610. The van der Waals surface area contributed by atoms with Crippen molar-refractivity contribution < 1.29 is 28.8 Å². The monoisotopic (exact) mass is 441 g/mol. The van der Waals surface area contributed by atoms with Gasteiger partial charge in [0.15, 0.2) is 29.0 Å². The van der Waals surface area contributed by atoms with Crippen LogP contribution in [0.3, 0.4) is 0 Å². The Labute approximate surface area is 183 Å². The molecule has 11 heteroatoms. The largest absolute Gasteiger partial charge is 0.444 e. The van der Waals surface area contributed by atoms with Crippen molar-refractivity contribution in [3.8, 4) is 0 Å². The van der Waals surface area contributed by atoms with Gasteiger partial charge in [0.05, 0.1) is 12.9 Å². The lowest BCUT2D eigenvalue weighted by Gasteiger charge is -2.24. The second-order valence-electron chi connectivity index (χ2n) is 8.05. The molecule has 0 aliphatic carbocycles. The summed E-state index contributed by atoms with van der Waals surface area (Å²) in [5.41, 5.74) is 1.68. The first-order valence-corrected chi connectivity index (χ1v) is 10.2. The fourth-order valence-corrected chi connectivity index (χ4v) is 4.02. The van der Waals surface area contributed by atoms with Gasteiger partial charge in [-0.05, 0) is 19.4 Å². The van der Waals surface area contributed by atoms with E-state index in [9.17, 15) is 9.90 Å². The predicted molar refractivity (Wildman–Crippen MR) is 110 cm³/mol. The summed E-state index contributed by atoms with van der Waals surface area (Å²) in [5.74, 6) is -0.588. The van der Waals surface area contributed by atoms with Crippen LogP contribution in [0.25, 0.3) is 11.2 Å². The molecule has 5 rings (SSSR count). The highest BCUT2D eigenvalue weighted by atomic mass is 16.8. The summed E-state index contributed by atoms with van der Waals surface area (Å²) in [5, 5.41) is 12.3. The third kappa shape index (κ3) is 3.79. The Hall–Kier alpha value is -3.12. The molecule has 0 unspecified atom stereocenters. The average Bonchev–Trinajstić information content (AvgIpc) is 3.44. The summed E-state index contributed by atoms with van der Waals surface area (Å²) in [6.45, 7) is 3.55. The maximum absolute atomic E-state index is 12.3. The van der Waals surface area contributed by atoms with Gasteiger partial charge in [-0.25, -0.2) is 19.7 Å². The van der Waals surface area contributed by atoms with E-state index >= 15 is 0 Å². The topological polar surface area (TPSA) is 130 Å². The summed E-state index contributed by atoms with van der Waals surface area (Å²) in [6.07, 6.45) is 0.157. The molecule has 0 radical (unpaired) electrons. The standard InChI is InChI=1S/C21H23N5O6/c1-21(2)31-15-13(8-27)30-19(16(15)32-21)26-11-24-14-17(22-10-23-18(14)26)25-20(28)29-9-12-6-4-3-5-7-12/h3-7,10-11,13,15-16,19,27H,8-9H2,1-2H3,(H,22,23,25,28)/t13-,15-,16-,19+/m1/s1. The van der Waals surface area contributed by atoms with Crippen molar-refractivity contribution in [1.29, 1.82) is 0 Å². The molecule has 2 aliphatic rings. The van der Waals surface area contributed by atoms with E-state index in [-0.39, 0.29) is 19.0 Å². The number of carbonyl (C=O) groups excluding carboxylic acids is 1. The number of amides is 1. The zero-order valence-corrected chi connectivity index (χ0v) is 17.5. The normalized spacial score (nSPS) is 26.2. The average molecular weight is 441 g/mol. The number of rotatable bonds is 5. The van der Waals surface area contributed by atoms with Crippen molar-refractivity contribution in [3.05, 3.63) is 48.5 Å². The lowest BCUT2D eigenvalue weighted by Crippen LogP contribution is -2.31. The number of carbonyl (C=O) groups is 1. The molecule has 0 bridgehead atoms. The minimum atomic E-state index is -0.800. The van der Waals surface area contributed by atoms with Crippen molar-refractivity contribution in [2.24, 2.45) is 0 Å². The maximum atomic E-state index is 12.3. The second-order valence-corrected chi connectivity index (χ2v) is 8.05. The van der Waals surface area contributed by atoms with E-state index < -0.39 is 36.4 Å². The van der Waals surface area contributed by atoms with Crippen molar-refractivity contribution in [3.63, 3.8) is 0 Å². The summed E-state index contributed by atoms with van der Waals surface area (Å²) >= 11 is 0. The van der Waals surface area contributed by atoms with E-state index in [1.54, 1.807) is 4.57 Å². The highest BCUT2D eigenvalue weighted by Crippen LogP contribution is 2.43. The van der Waals surface area contributed by atoms with E-state index in [2.05, 4.69) is 20.3 Å². The van der Waals surface area contributed by atoms with Gasteiger partial charge in [-0.1, -0.05) is 30.3 Å². The highest BCUT2D eigenvalue weighted by molar-refractivity contribution is 5.93. The molecule has 168 valence electrons. The molecule has 2 fully saturated rings. The van der Waals surface area contributed by atoms with Crippen molar-refractivity contribution in [2.45, 2.75) is 50.8 Å². The number of nitrogens with one attached hydrogen (secondary N) is 1. The van der Waals surface area contributed by atoms with Crippen LogP contribution in [0.15, 0.2) is 43.0 Å². The summed E-state index contributed by atoms with van der Waals surface area (Å²) < 4.78 is 24.9. The molecule has 4 atom stereocenters. The molecule has 2 aliphatic heterocycles. The number of hydrogen-bond donors (Lipinski definition) is 2. The molecule has 0 spiro atoms. The van der Waals surface area contributed by atoms with Crippen LogP contribution in [-0.4, -0.2) is 61.4 Å². The summed E-state index contributed by atoms with van der Waals surface area (Å²) in [7, 11) is 0. The lowest BCUT2D eigenvalue weighted by molar-refractivity contribution is -0.199. The Balaban J connectivity index is 1.36. The zero-order chi connectivity index (χ0) is 22.3. The summed E-state index contributed by atoms with van der Waals surface area (Å²) in [4.78, 5) is 25.1. The Kier molecular flexibility index (Phi) is 5.25. The Morgan fingerprint density at radius 2 is 1.97 bits per heavy atom. The Bertz CT molecular complexity index is 1120. The first-order valence-electron chi connectivity index (χ1n) is 10.2. The SMILES string of the molecule is CC1(C)O[C@@H]2[C@H](O1)[C@@H](CO)O[C@@H]2n1cnc2c(NC(=O)OCc3ccccc3)ncnc21. The molecule has 1 aromatic carbocycles. The van der Waals surface area contributed by atoms with Gasteiger partial charge >= 0.3 is 6.09 Å². The van der Waals surface area contributed by atoms with Crippen LogP contribution in [0.1, 0.15) is 25.6 Å². The van der Waals surface area contributed by atoms with Gasteiger partial charge < -0.3 is 24.1 Å². The van der Waals surface area contributed by atoms with Crippen molar-refractivity contribution in [2.75, 3.05) is 11.9 Å². The fraction of sp³-hybridized carbons (Fsp3) is 0.429. The van der Waals surface area contributed by atoms with E-state index in [1.807, 2.05) is 44.2 Å². The molecular weight excluding hydrogens is 418 g/mol.